The van der Waals surface area contributed by atoms with Gasteiger partial charge in [0.25, 0.3) is 5.91 Å². The number of carbonyl (C=O) groups is 1. The average molecular weight is 420 g/mol. The van der Waals surface area contributed by atoms with Gasteiger partial charge in [0.2, 0.25) is 5.43 Å². The highest BCUT2D eigenvalue weighted by atomic mass is 32.2. The van der Waals surface area contributed by atoms with E-state index in [4.69, 9.17) is 4.42 Å². The Labute approximate surface area is 178 Å². The minimum absolute atomic E-state index is 0.143. The third-order valence-corrected chi connectivity index (χ3v) is 6.49. The van der Waals surface area contributed by atoms with Crippen LogP contribution in [0.2, 0.25) is 0 Å². The van der Waals surface area contributed by atoms with Gasteiger partial charge in [-0.3, -0.25) is 9.59 Å². The largest absolute Gasteiger partial charge is 0.462 e. The summed E-state index contributed by atoms with van der Waals surface area (Å²) in [5.41, 5.74) is 2.92. The van der Waals surface area contributed by atoms with Crippen LogP contribution in [0.15, 0.2) is 74.6 Å². The first kappa shape index (κ1) is 18.8. The SMILES string of the molecule is CN1Sc2ccccc2C(N2CCCC2)=C1C(=O)Nc1coc2ccccc2c1=O. The van der Waals surface area contributed by atoms with E-state index < -0.39 is 0 Å². The summed E-state index contributed by atoms with van der Waals surface area (Å²) in [5, 5.41) is 3.25. The molecule has 1 amide bonds. The first-order valence-electron chi connectivity index (χ1n) is 9.96. The smallest absolute Gasteiger partial charge is 0.275 e. The number of fused-ring (bicyclic) bond motifs is 2. The number of carbonyl (C=O) groups excluding carboxylic acids is 1. The first-order chi connectivity index (χ1) is 14.6. The second-order valence-corrected chi connectivity index (χ2v) is 8.58. The van der Waals surface area contributed by atoms with Gasteiger partial charge < -0.3 is 18.9 Å². The van der Waals surface area contributed by atoms with Gasteiger partial charge in [-0.25, -0.2) is 0 Å². The molecule has 0 saturated carbocycles. The molecule has 6 nitrogen and oxygen atoms in total. The number of anilines is 1. The normalized spacial score (nSPS) is 16.2. The predicted octanol–water partition coefficient (Wildman–Crippen LogP) is 4.15. The van der Waals surface area contributed by atoms with Crippen LogP contribution in [0, 0.1) is 0 Å². The fourth-order valence-electron chi connectivity index (χ4n) is 4.07. The van der Waals surface area contributed by atoms with Gasteiger partial charge in [0.1, 0.15) is 23.2 Å². The van der Waals surface area contributed by atoms with Crippen LogP contribution in [0.25, 0.3) is 16.7 Å². The summed E-state index contributed by atoms with van der Waals surface area (Å²) in [6.07, 6.45) is 3.53. The summed E-state index contributed by atoms with van der Waals surface area (Å²) in [7, 11) is 1.88. The molecule has 0 aliphatic carbocycles. The molecular weight excluding hydrogens is 398 g/mol. The minimum Gasteiger partial charge on any atom is -0.462 e. The topological polar surface area (TPSA) is 65.8 Å². The molecule has 2 aliphatic heterocycles. The lowest BCUT2D eigenvalue weighted by Crippen LogP contribution is -2.33. The Hall–Kier alpha value is -3.19. The average Bonchev–Trinajstić information content (AvgIpc) is 3.29. The molecule has 1 fully saturated rings. The van der Waals surface area contributed by atoms with E-state index in [0.29, 0.717) is 16.7 Å². The van der Waals surface area contributed by atoms with E-state index in [-0.39, 0.29) is 17.0 Å². The van der Waals surface area contributed by atoms with Crippen LogP contribution in [0.3, 0.4) is 0 Å². The lowest BCUT2D eigenvalue weighted by atomic mass is 10.1. The van der Waals surface area contributed by atoms with Gasteiger partial charge in [-0.1, -0.05) is 30.3 Å². The molecule has 0 atom stereocenters. The van der Waals surface area contributed by atoms with Crippen LogP contribution in [-0.2, 0) is 4.79 Å². The number of amides is 1. The monoisotopic (exact) mass is 419 g/mol. The highest BCUT2D eigenvalue weighted by molar-refractivity contribution is 7.97. The Morgan fingerprint density at radius 3 is 2.63 bits per heavy atom. The van der Waals surface area contributed by atoms with Gasteiger partial charge in [0.05, 0.1) is 11.1 Å². The van der Waals surface area contributed by atoms with Crippen LogP contribution < -0.4 is 10.7 Å². The van der Waals surface area contributed by atoms with Crippen molar-refractivity contribution >= 4 is 40.2 Å². The lowest BCUT2D eigenvalue weighted by Gasteiger charge is -2.34. The van der Waals surface area contributed by atoms with Gasteiger partial charge in [0.15, 0.2) is 0 Å². The van der Waals surface area contributed by atoms with Gasteiger partial charge >= 0.3 is 0 Å². The molecule has 7 heteroatoms. The van der Waals surface area contributed by atoms with E-state index >= 15 is 0 Å². The maximum absolute atomic E-state index is 13.4. The van der Waals surface area contributed by atoms with E-state index in [1.54, 1.807) is 18.2 Å². The van der Waals surface area contributed by atoms with Crippen molar-refractivity contribution in [2.24, 2.45) is 0 Å². The van der Waals surface area contributed by atoms with Crippen molar-refractivity contribution in [3.63, 3.8) is 0 Å². The van der Waals surface area contributed by atoms with Crippen LogP contribution >= 0.6 is 11.9 Å². The van der Waals surface area contributed by atoms with E-state index in [1.807, 2.05) is 29.6 Å². The molecule has 30 heavy (non-hydrogen) atoms. The number of benzene rings is 2. The minimum atomic E-state index is -0.316. The first-order valence-corrected chi connectivity index (χ1v) is 10.7. The standard InChI is InChI=1S/C23H21N3O3S/c1-25-21(20(26-12-6-7-13-26)16-9-3-5-11-19(16)30-25)23(28)24-17-14-29-18-10-4-2-8-15(18)22(17)27/h2-5,8-11,14H,6-7,12-13H2,1H3,(H,24,28). The molecule has 1 N–H and O–H groups in total. The molecular formula is C23H21N3O3S. The van der Waals surface area contributed by atoms with Crippen molar-refractivity contribution in [2.75, 3.05) is 25.5 Å². The molecule has 1 saturated heterocycles. The number of likely N-dealkylation sites (N-methyl/N-ethyl adjacent to an activating group) is 1. The van der Waals surface area contributed by atoms with Crippen molar-refractivity contribution in [2.45, 2.75) is 17.7 Å². The summed E-state index contributed by atoms with van der Waals surface area (Å²) >= 11 is 1.51. The Bertz CT molecular complexity index is 1230. The zero-order chi connectivity index (χ0) is 20.7. The zero-order valence-electron chi connectivity index (χ0n) is 16.6. The van der Waals surface area contributed by atoms with E-state index in [2.05, 4.69) is 22.3 Å². The van der Waals surface area contributed by atoms with Gasteiger partial charge in [-0.15, -0.1) is 0 Å². The summed E-state index contributed by atoms with van der Waals surface area (Å²) in [5.74, 6) is -0.316. The fraction of sp³-hybridized carbons (Fsp3) is 0.217. The highest BCUT2D eigenvalue weighted by Gasteiger charge is 2.32. The second-order valence-electron chi connectivity index (χ2n) is 7.41. The molecule has 2 aromatic carbocycles. The molecule has 1 aromatic heterocycles. The third kappa shape index (κ3) is 3.15. The number of hydrogen-bond acceptors (Lipinski definition) is 6. The second kappa shape index (κ2) is 7.57. The number of likely N-dealkylation sites (tertiary alicyclic amines) is 1. The lowest BCUT2D eigenvalue weighted by molar-refractivity contribution is -0.113. The van der Waals surface area contributed by atoms with E-state index in [0.717, 1.165) is 42.1 Å². The maximum Gasteiger partial charge on any atom is 0.275 e. The van der Waals surface area contributed by atoms with Crippen molar-refractivity contribution in [3.05, 3.63) is 76.3 Å². The van der Waals surface area contributed by atoms with Crippen LogP contribution in [0.4, 0.5) is 5.69 Å². The number of para-hydroxylation sites is 1. The Morgan fingerprint density at radius 1 is 1.07 bits per heavy atom. The summed E-state index contributed by atoms with van der Waals surface area (Å²) < 4.78 is 7.44. The highest BCUT2D eigenvalue weighted by Crippen LogP contribution is 2.42. The van der Waals surface area contributed by atoms with Crippen LogP contribution in [0.5, 0.6) is 0 Å². The summed E-state index contributed by atoms with van der Waals surface area (Å²) in [6.45, 7) is 1.83. The van der Waals surface area contributed by atoms with Gasteiger partial charge in [-0.2, -0.15) is 0 Å². The Morgan fingerprint density at radius 2 is 1.80 bits per heavy atom. The van der Waals surface area contributed by atoms with Crippen LogP contribution in [-0.4, -0.2) is 35.2 Å². The van der Waals surface area contributed by atoms with Crippen molar-refractivity contribution in [3.8, 4) is 0 Å². The maximum atomic E-state index is 13.4. The quantitative estimate of drug-likeness (QED) is 0.644. The summed E-state index contributed by atoms with van der Waals surface area (Å²) in [6, 6.07) is 15.1. The number of nitrogens with one attached hydrogen (secondary N) is 1. The van der Waals surface area contributed by atoms with Crippen molar-refractivity contribution < 1.29 is 9.21 Å². The van der Waals surface area contributed by atoms with E-state index in [9.17, 15) is 9.59 Å². The van der Waals surface area contributed by atoms with Gasteiger partial charge in [-0.05, 0) is 43.0 Å². The molecule has 3 heterocycles. The molecule has 0 radical (unpaired) electrons. The van der Waals surface area contributed by atoms with Gasteiger partial charge in [0, 0.05) is 30.6 Å². The Balaban J connectivity index is 1.59. The zero-order valence-corrected chi connectivity index (χ0v) is 17.4. The predicted molar refractivity (Wildman–Crippen MR) is 119 cm³/mol. The van der Waals surface area contributed by atoms with Crippen molar-refractivity contribution in [1.29, 1.82) is 0 Å². The number of rotatable bonds is 3. The summed E-state index contributed by atoms with van der Waals surface area (Å²) in [4.78, 5) is 29.6. The van der Waals surface area contributed by atoms with E-state index in [1.165, 1.54) is 18.2 Å². The molecule has 152 valence electrons. The molecule has 3 aromatic rings. The Kier molecular flexibility index (Phi) is 4.75. The molecule has 0 unspecified atom stereocenters. The van der Waals surface area contributed by atoms with Crippen LogP contribution in [0.1, 0.15) is 18.4 Å². The number of hydrogen-bond donors (Lipinski definition) is 1. The molecule has 0 spiro atoms. The molecule has 5 rings (SSSR count). The van der Waals surface area contributed by atoms with Crippen molar-refractivity contribution in [1.82, 2.24) is 9.21 Å². The third-order valence-electron chi connectivity index (χ3n) is 5.48. The fourth-order valence-corrected chi connectivity index (χ4v) is 5.03. The molecule has 0 bridgehead atoms. The number of nitrogens with zero attached hydrogens (tertiary/aromatic N) is 2. The molecule has 2 aliphatic rings.